The molecule has 4 radical (unpaired) electrons. The van der Waals surface area contributed by atoms with Crippen molar-refractivity contribution in [2.24, 2.45) is 14.1 Å². The molecule has 38 heteroatoms. The summed E-state index contributed by atoms with van der Waals surface area (Å²) in [5.74, 6) is -2.72. The number of rotatable bonds is 14. The number of aromatic amines is 2. The van der Waals surface area contributed by atoms with Crippen LogP contribution in [0.5, 0.6) is 0 Å². The number of aryl methyl sites for hydroxylation is 2. The van der Waals surface area contributed by atoms with Gasteiger partial charge in [-0.3, -0.25) is 46.4 Å². The number of hydrogen-bond acceptors (Lipinski definition) is 26. The van der Waals surface area contributed by atoms with Gasteiger partial charge in [-0.25, -0.2) is 9.13 Å². The lowest BCUT2D eigenvalue weighted by Gasteiger charge is -2.34. The molecule has 0 aliphatic carbocycles. The summed E-state index contributed by atoms with van der Waals surface area (Å²) < 4.78 is 84.9. The maximum absolute atomic E-state index is 12.8. The van der Waals surface area contributed by atoms with Gasteiger partial charge in [0.2, 0.25) is 38.6 Å². The molecule has 2 fully saturated rings. The average Bonchev–Trinajstić information content (AvgIpc) is 3.74. The van der Waals surface area contributed by atoms with Crippen molar-refractivity contribution in [3.05, 3.63) is 33.4 Å². The molecule has 4 aromatic heterocycles. The third-order valence-electron chi connectivity index (χ3n) is 8.46. The highest BCUT2D eigenvalue weighted by molar-refractivity contribution is 7.87. The molecule has 0 bridgehead atoms. The molecule has 4 aromatic rings. The van der Waals surface area contributed by atoms with Gasteiger partial charge in [-0.2, -0.15) is 0 Å². The van der Waals surface area contributed by atoms with Gasteiger partial charge >= 0.3 is 11.3 Å². The predicted molar refractivity (Wildman–Crippen MR) is 205 cm³/mol. The van der Waals surface area contributed by atoms with Gasteiger partial charge in [0, 0.05) is 0 Å². The first-order valence-corrected chi connectivity index (χ1v) is 22.6. The number of aliphatic hydroxyl groups is 4. The highest BCUT2D eigenvalue weighted by atomic mass is 31.3. The summed E-state index contributed by atoms with van der Waals surface area (Å²) in [7, 11) is -8.66. The van der Waals surface area contributed by atoms with Crippen LogP contribution in [-0.4, -0.2) is 120 Å². The Morgan fingerprint density at radius 3 is 1.38 bits per heavy atom. The molecule has 2 aliphatic heterocycles. The SMILES string of the molecule is N.N.N.N.[B][P@@](=O)(OC[C@H]1O[C@@H]([n+]2cn(C)c3c(=O)[nH]c(N)nc32)[C@H](O)[C@@H]1O)OP(=O)([O-])CP(=O)([O-])O[P@]([B])(=O)OC[C@H]1O[C@@H]([n+]2cn(C)c3c(=O)[nH]c(N)nc32)[C@H](O)[C@@H]1O. The highest BCUT2D eigenvalue weighted by Crippen LogP contribution is 2.67. The van der Waals surface area contributed by atoms with E-state index in [9.17, 15) is 58.1 Å². The fraction of sp³-hybridized carbons (Fsp3) is 0.565. The normalized spacial score (nSPS) is 27.7. The quantitative estimate of drug-likeness (QED) is 0.0319. The van der Waals surface area contributed by atoms with E-state index in [0.717, 1.165) is 9.13 Å². The van der Waals surface area contributed by atoms with Crippen molar-refractivity contribution in [3.8, 4) is 0 Å². The van der Waals surface area contributed by atoms with E-state index in [0.29, 0.717) is 0 Å². The zero-order valence-corrected chi connectivity index (χ0v) is 35.6. The van der Waals surface area contributed by atoms with Gasteiger partial charge in [0.05, 0.1) is 33.2 Å². The largest absolute Gasteiger partial charge is 0.778 e. The second-order valence-electron chi connectivity index (χ2n) is 12.8. The molecule has 6 heterocycles. The van der Waals surface area contributed by atoms with Crippen molar-refractivity contribution in [3.63, 3.8) is 0 Å². The molecular formula is C23H44B2N14O18P4. The first kappa shape index (κ1) is 53.8. The van der Waals surface area contributed by atoms with Crippen LogP contribution in [0.4, 0.5) is 11.9 Å². The molecule has 0 aromatic carbocycles. The molecule has 2 saturated heterocycles. The molecular weight excluding hydrogens is 906 g/mol. The predicted octanol–water partition coefficient (Wildman–Crippen LogP) is -5.15. The monoisotopic (exact) mass is 950 g/mol. The summed E-state index contributed by atoms with van der Waals surface area (Å²) >= 11 is 0. The lowest BCUT2D eigenvalue weighted by Crippen LogP contribution is -2.46. The maximum Gasteiger partial charge on any atom is 0.313 e. The van der Waals surface area contributed by atoms with Crippen LogP contribution in [0.25, 0.3) is 22.3 Å². The van der Waals surface area contributed by atoms with E-state index < -0.39 is 109 Å². The Labute approximate surface area is 344 Å². The molecule has 6 rings (SSSR count). The van der Waals surface area contributed by atoms with Gasteiger partial charge in [0.15, 0.2) is 27.8 Å². The fourth-order valence-corrected chi connectivity index (χ4v) is 13.0. The van der Waals surface area contributed by atoms with E-state index in [1.54, 1.807) is 0 Å². The first-order valence-electron chi connectivity index (χ1n) is 15.9. The Bertz CT molecular complexity index is 2370. The molecule has 340 valence electrons. The van der Waals surface area contributed by atoms with Crippen molar-refractivity contribution < 1.29 is 84.7 Å². The van der Waals surface area contributed by atoms with Crippen LogP contribution >= 0.6 is 30.1 Å². The van der Waals surface area contributed by atoms with Crippen LogP contribution in [0.15, 0.2) is 22.2 Å². The van der Waals surface area contributed by atoms with Crippen molar-refractivity contribution >= 4 is 79.5 Å². The minimum absolute atomic E-state index is 0. The van der Waals surface area contributed by atoms with E-state index in [1.807, 2.05) is 0 Å². The Morgan fingerprint density at radius 1 is 0.721 bits per heavy atom. The summed E-state index contributed by atoms with van der Waals surface area (Å²) in [5, 5.41) is 42.4. The summed E-state index contributed by atoms with van der Waals surface area (Å²) in [6, 6.07) is 0. The van der Waals surface area contributed by atoms with Crippen LogP contribution < -0.4 is 66.1 Å². The van der Waals surface area contributed by atoms with E-state index in [-0.39, 0.29) is 58.8 Å². The zero-order chi connectivity index (χ0) is 42.2. The number of aromatic nitrogens is 8. The number of anilines is 2. The summed E-state index contributed by atoms with van der Waals surface area (Å²) in [6.45, 7) is -2.01. The van der Waals surface area contributed by atoms with E-state index >= 15 is 0 Å². The Hall–Kier alpha value is -3.29. The van der Waals surface area contributed by atoms with Crippen LogP contribution in [0.1, 0.15) is 12.5 Å². The van der Waals surface area contributed by atoms with Crippen molar-refractivity contribution in [2.45, 2.75) is 49.1 Å². The Kier molecular flexibility index (Phi) is 17.0. The first-order chi connectivity index (χ1) is 26.3. The van der Waals surface area contributed by atoms with Crippen LogP contribution in [0, 0.1) is 0 Å². The number of ether oxygens (including phenoxy) is 2. The van der Waals surface area contributed by atoms with E-state index in [4.69, 9.17) is 45.1 Å². The topological polar surface area (TPSA) is 552 Å². The average molecular weight is 950 g/mol. The Balaban J connectivity index is 0.00000320. The Morgan fingerprint density at radius 2 is 1.05 bits per heavy atom. The number of nitrogens with two attached hydrogens (primary N) is 2. The van der Waals surface area contributed by atoms with Crippen molar-refractivity contribution in [2.75, 3.05) is 30.6 Å². The molecule has 0 saturated carbocycles. The molecule has 32 nitrogen and oxygen atoms in total. The lowest BCUT2D eigenvalue weighted by atomic mass is 10.1. The number of nitrogen functional groups attached to an aromatic ring is 2. The number of nitrogens with one attached hydrogen (secondary N) is 2. The minimum Gasteiger partial charge on any atom is -0.778 e. The summed E-state index contributed by atoms with van der Waals surface area (Å²) in [6.07, 6.45) is -10.5. The molecule has 2 unspecified atom stereocenters. The van der Waals surface area contributed by atoms with E-state index in [2.05, 4.69) is 28.6 Å². The van der Waals surface area contributed by atoms with Crippen LogP contribution in [0.3, 0.4) is 0 Å². The number of H-pyrrole nitrogens is 2. The third kappa shape index (κ3) is 11.3. The highest BCUT2D eigenvalue weighted by Gasteiger charge is 2.49. The molecule has 0 amide bonds. The summed E-state index contributed by atoms with van der Waals surface area (Å²) in [5.41, 5.74) is 9.85. The summed E-state index contributed by atoms with van der Waals surface area (Å²) in [4.78, 5) is 62.5. The zero-order valence-electron chi connectivity index (χ0n) is 32.0. The van der Waals surface area contributed by atoms with Gasteiger partial charge in [-0.1, -0.05) is 9.97 Å². The van der Waals surface area contributed by atoms with Gasteiger partial charge in [0.1, 0.15) is 36.6 Å². The number of nitrogens with zero attached hydrogens (tertiary/aromatic N) is 6. The second-order valence-corrected chi connectivity index (χ2v) is 20.4. The molecule has 61 heavy (non-hydrogen) atoms. The van der Waals surface area contributed by atoms with Crippen molar-refractivity contribution in [1.82, 2.24) is 53.7 Å². The third-order valence-corrected chi connectivity index (χ3v) is 16.1. The molecule has 0 spiro atoms. The van der Waals surface area contributed by atoms with Gasteiger partial charge in [-0.15, -0.1) is 0 Å². The fourth-order valence-electron chi connectivity index (χ4n) is 6.12. The smallest absolute Gasteiger partial charge is 0.313 e. The molecule has 2 aliphatic rings. The van der Waals surface area contributed by atoms with Crippen molar-refractivity contribution in [1.29, 1.82) is 0 Å². The number of fused-ring (bicyclic) bond motifs is 2. The second kappa shape index (κ2) is 19.2. The molecule has 22 N–H and O–H groups in total. The molecule has 12 atom stereocenters. The lowest BCUT2D eigenvalue weighted by molar-refractivity contribution is -0.746. The van der Waals surface area contributed by atoms with Crippen LogP contribution in [0.2, 0.25) is 0 Å². The number of hydrogen-bond donors (Lipinski definition) is 12. The van der Waals surface area contributed by atoms with Gasteiger partial charge < -0.3 is 93.9 Å². The van der Waals surface area contributed by atoms with Crippen LogP contribution in [-0.2, 0) is 59.5 Å². The van der Waals surface area contributed by atoms with Gasteiger partial charge in [-0.05, 0) is 0 Å². The maximum atomic E-state index is 12.8. The van der Waals surface area contributed by atoms with Gasteiger partial charge in [0.25, 0.3) is 38.0 Å². The van der Waals surface area contributed by atoms with E-state index in [1.165, 1.54) is 35.9 Å². The minimum atomic E-state index is -5.88. The standard InChI is InChI=1S/C23H32B2N10O18P4.4H3N/c1-32-5-34(16-10(32)18(40)30-22(26)28-16)20-14(38)12(36)8(50-20)3-48-56(24,46)52-54(42,43)7-55(44,45)53-57(25,47)49-4-9-13(37)15(39)21(51-9)35-6-33(2)11-17(35)29-23(27)31-19(11)41;;;;/h5-6,8-9,12-15,20-21,36-39H,3-4,7H2,1-2H3,(H6-2,26,27,28,29,30,31,40,41,42,43,44,45);4*1H3/t8-,9-,12-,13-,14-,15-,20-,21-,56-,57-;;;;/m1..../s1. The number of imidazole rings is 2. The number of aliphatic hydroxyl groups excluding tert-OH is 4.